The molecule has 3 rings (SSSR count). The van der Waals surface area contributed by atoms with Crippen LogP contribution in [0, 0.1) is 20.8 Å². The maximum atomic E-state index is 12.8. The summed E-state index contributed by atoms with van der Waals surface area (Å²) < 4.78 is 26.3. The standard InChI is InChI=1S/C18H19N5O3S/c1-12-4-5-17(13(2)8-12)27(25,26)23-7-6-16(22-23)18(24)21-11-15-10-19-14(3)9-20-15/h4-10H,11H2,1-3H3,(H,21,24). The summed E-state index contributed by atoms with van der Waals surface area (Å²) in [5.41, 5.74) is 2.96. The van der Waals surface area contributed by atoms with Gasteiger partial charge in [0.15, 0.2) is 5.69 Å². The van der Waals surface area contributed by atoms with Crippen LogP contribution in [0.1, 0.15) is 33.0 Å². The van der Waals surface area contributed by atoms with Crippen LogP contribution < -0.4 is 5.32 Å². The van der Waals surface area contributed by atoms with Crippen molar-refractivity contribution < 1.29 is 13.2 Å². The Balaban J connectivity index is 1.77. The third-order valence-corrected chi connectivity index (χ3v) is 5.63. The van der Waals surface area contributed by atoms with Crippen LogP contribution in [0.4, 0.5) is 0 Å². The highest BCUT2D eigenvalue weighted by molar-refractivity contribution is 7.89. The van der Waals surface area contributed by atoms with E-state index in [-0.39, 0.29) is 17.1 Å². The molecule has 2 heterocycles. The zero-order valence-corrected chi connectivity index (χ0v) is 16.0. The van der Waals surface area contributed by atoms with Crippen molar-refractivity contribution in [3.05, 3.63) is 71.1 Å². The van der Waals surface area contributed by atoms with Crippen LogP contribution in [-0.4, -0.2) is 33.5 Å². The second-order valence-electron chi connectivity index (χ2n) is 6.18. The molecule has 0 aliphatic carbocycles. The van der Waals surface area contributed by atoms with E-state index in [1.165, 1.54) is 18.3 Å². The molecule has 0 atom stereocenters. The lowest BCUT2D eigenvalue weighted by Gasteiger charge is -2.08. The first-order chi connectivity index (χ1) is 12.8. The molecule has 140 valence electrons. The van der Waals surface area contributed by atoms with E-state index < -0.39 is 15.9 Å². The average Bonchev–Trinajstić information content (AvgIpc) is 3.12. The largest absolute Gasteiger partial charge is 0.345 e. The Morgan fingerprint density at radius 3 is 2.56 bits per heavy atom. The number of benzene rings is 1. The Morgan fingerprint density at radius 2 is 1.89 bits per heavy atom. The van der Waals surface area contributed by atoms with E-state index in [9.17, 15) is 13.2 Å². The first kappa shape index (κ1) is 18.7. The molecule has 0 radical (unpaired) electrons. The fourth-order valence-corrected chi connectivity index (χ4v) is 3.85. The summed E-state index contributed by atoms with van der Waals surface area (Å²) in [5.74, 6) is -0.494. The van der Waals surface area contributed by atoms with E-state index in [2.05, 4.69) is 20.4 Å². The Labute approximate surface area is 157 Å². The van der Waals surface area contributed by atoms with E-state index >= 15 is 0 Å². The minimum absolute atomic E-state index is 0.00316. The van der Waals surface area contributed by atoms with Gasteiger partial charge in [0.25, 0.3) is 15.9 Å². The number of nitrogens with zero attached hydrogens (tertiary/aromatic N) is 4. The van der Waals surface area contributed by atoms with Crippen molar-refractivity contribution in [2.24, 2.45) is 0 Å². The zero-order valence-electron chi connectivity index (χ0n) is 15.2. The summed E-state index contributed by atoms with van der Waals surface area (Å²) in [7, 11) is -3.87. The molecule has 0 saturated heterocycles. The van der Waals surface area contributed by atoms with E-state index in [4.69, 9.17) is 0 Å². The van der Waals surface area contributed by atoms with Crippen molar-refractivity contribution in [1.29, 1.82) is 0 Å². The highest BCUT2D eigenvalue weighted by Gasteiger charge is 2.22. The molecule has 1 amide bonds. The fourth-order valence-electron chi connectivity index (χ4n) is 2.52. The predicted molar refractivity (Wildman–Crippen MR) is 98.7 cm³/mol. The molecule has 8 nitrogen and oxygen atoms in total. The van der Waals surface area contributed by atoms with Crippen LogP contribution in [0.25, 0.3) is 0 Å². The monoisotopic (exact) mass is 385 g/mol. The second-order valence-corrected chi connectivity index (χ2v) is 7.94. The van der Waals surface area contributed by atoms with E-state index in [0.29, 0.717) is 11.3 Å². The molecule has 0 fully saturated rings. The molecular weight excluding hydrogens is 366 g/mol. The number of aromatic nitrogens is 4. The molecule has 0 bridgehead atoms. The molecule has 27 heavy (non-hydrogen) atoms. The van der Waals surface area contributed by atoms with Crippen molar-refractivity contribution >= 4 is 15.9 Å². The molecule has 0 aliphatic heterocycles. The SMILES string of the molecule is Cc1ccc(S(=O)(=O)n2ccc(C(=O)NCc3cnc(C)cn3)n2)c(C)c1. The van der Waals surface area contributed by atoms with Crippen molar-refractivity contribution in [3.63, 3.8) is 0 Å². The third kappa shape index (κ3) is 4.03. The molecule has 1 N–H and O–H groups in total. The highest BCUT2D eigenvalue weighted by atomic mass is 32.2. The van der Waals surface area contributed by atoms with Gasteiger partial charge in [-0.25, -0.2) is 0 Å². The summed E-state index contributed by atoms with van der Waals surface area (Å²) in [6, 6.07) is 6.40. The number of hydrogen-bond donors (Lipinski definition) is 1. The van der Waals surface area contributed by atoms with Gasteiger partial charge in [-0.2, -0.15) is 17.6 Å². The number of aryl methyl sites for hydroxylation is 3. The Bertz CT molecular complexity index is 1090. The molecule has 0 unspecified atom stereocenters. The van der Waals surface area contributed by atoms with Crippen molar-refractivity contribution in [2.45, 2.75) is 32.2 Å². The number of hydrogen-bond acceptors (Lipinski definition) is 6. The van der Waals surface area contributed by atoms with E-state index in [1.807, 2.05) is 13.8 Å². The Hall–Kier alpha value is -3.07. The zero-order chi connectivity index (χ0) is 19.6. The van der Waals surface area contributed by atoms with Crippen LogP contribution >= 0.6 is 0 Å². The quantitative estimate of drug-likeness (QED) is 0.717. The topological polar surface area (TPSA) is 107 Å². The highest BCUT2D eigenvalue weighted by Crippen LogP contribution is 2.19. The summed E-state index contributed by atoms with van der Waals surface area (Å²) >= 11 is 0. The van der Waals surface area contributed by atoms with Crippen molar-refractivity contribution in [1.82, 2.24) is 24.5 Å². The normalized spacial score (nSPS) is 11.4. The minimum atomic E-state index is -3.87. The lowest BCUT2D eigenvalue weighted by Crippen LogP contribution is -2.24. The number of amides is 1. The van der Waals surface area contributed by atoms with Crippen molar-refractivity contribution in [2.75, 3.05) is 0 Å². The molecular formula is C18H19N5O3S. The molecule has 2 aromatic heterocycles. The van der Waals surface area contributed by atoms with Gasteiger partial charge in [0.1, 0.15) is 0 Å². The molecule has 0 aliphatic rings. The van der Waals surface area contributed by atoms with Crippen LogP contribution in [0.3, 0.4) is 0 Å². The number of carbonyl (C=O) groups is 1. The average molecular weight is 385 g/mol. The van der Waals surface area contributed by atoms with Crippen LogP contribution in [-0.2, 0) is 16.6 Å². The summed E-state index contributed by atoms with van der Waals surface area (Å²) in [5, 5.41) is 6.57. The minimum Gasteiger partial charge on any atom is -0.345 e. The predicted octanol–water partition coefficient (Wildman–Crippen LogP) is 1.77. The molecule has 3 aromatic rings. The van der Waals surface area contributed by atoms with Crippen LogP contribution in [0.2, 0.25) is 0 Å². The van der Waals surface area contributed by atoms with E-state index in [0.717, 1.165) is 15.3 Å². The maximum Gasteiger partial charge on any atom is 0.283 e. The summed E-state index contributed by atoms with van der Waals surface area (Å²) in [6.07, 6.45) is 4.43. The van der Waals surface area contributed by atoms with Gasteiger partial charge in [-0.05, 0) is 38.5 Å². The van der Waals surface area contributed by atoms with Gasteiger partial charge in [-0.1, -0.05) is 17.7 Å². The Morgan fingerprint density at radius 1 is 1.11 bits per heavy atom. The van der Waals surface area contributed by atoms with Crippen LogP contribution in [0.15, 0.2) is 47.8 Å². The molecule has 1 aromatic carbocycles. The smallest absolute Gasteiger partial charge is 0.283 e. The van der Waals surface area contributed by atoms with E-state index in [1.54, 1.807) is 31.5 Å². The first-order valence-corrected chi connectivity index (χ1v) is 9.65. The van der Waals surface area contributed by atoms with Gasteiger partial charge in [-0.3, -0.25) is 14.8 Å². The third-order valence-electron chi connectivity index (χ3n) is 3.92. The van der Waals surface area contributed by atoms with Gasteiger partial charge >= 0.3 is 0 Å². The van der Waals surface area contributed by atoms with Gasteiger partial charge < -0.3 is 5.32 Å². The summed E-state index contributed by atoms with van der Waals surface area (Å²) in [6.45, 7) is 5.60. The van der Waals surface area contributed by atoms with Crippen molar-refractivity contribution in [3.8, 4) is 0 Å². The Kier molecular flexibility index (Phi) is 5.04. The lowest BCUT2D eigenvalue weighted by molar-refractivity contribution is 0.0945. The van der Waals surface area contributed by atoms with Gasteiger partial charge in [0.05, 0.1) is 29.0 Å². The first-order valence-electron chi connectivity index (χ1n) is 8.21. The lowest BCUT2D eigenvalue weighted by atomic mass is 10.2. The number of rotatable bonds is 5. The summed E-state index contributed by atoms with van der Waals surface area (Å²) in [4.78, 5) is 20.6. The number of nitrogens with one attached hydrogen (secondary N) is 1. The number of carbonyl (C=O) groups excluding carboxylic acids is 1. The maximum absolute atomic E-state index is 12.8. The molecule has 9 heteroatoms. The van der Waals surface area contributed by atoms with Gasteiger partial charge in [0, 0.05) is 12.4 Å². The van der Waals surface area contributed by atoms with Crippen LogP contribution in [0.5, 0.6) is 0 Å². The van der Waals surface area contributed by atoms with Gasteiger partial charge in [-0.15, -0.1) is 0 Å². The van der Waals surface area contributed by atoms with Gasteiger partial charge in [0.2, 0.25) is 0 Å². The fraction of sp³-hybridized carbons (Fsp3) is 0.222. The second kappa shape index (κ2) is 7.28. The molecule has 0 spiro atoms. The molecule has 0 saturated carbocycles.